The van der Waals surface area contributed by atoms with Gasteiger partial charge in [-0.1, -0.05) is 0 Å². The van der Waals surface area contributed by atoms with Crippen molar-refractivity contribution in [2.24, 2.45) is 7.05 Å². The molecule has 1 atom stereocenters. The van der Waals surface area contributed by atoms with Crippen molar-refractivity contribution in [2.45, 2.75) is 26.4 Å². The molecule has 0 aliphatic carbocycles. The van der Waals surface area contributed by atoms with Gasteiger partial charge in [-0.15, -0.1) is 0 Å². The van der Waals surface area contributed by atoms with Gasteiger partial charge in [-0.3, -0.25) is 14.8 Å². The molecule has 0 bridgehead atoms. The molecule has 5 heteroatoms. The molecule has 1 aromatic rings. The second-order valence-electron chi connectivity index (χ2n) is 3.34. The van der Waals surface area contributed by atoms with E-state index in [9.17, 15) is 4.79 Å². The predicted octanol–water partition coefficient (Wildman–Crippen LogP) is 0.291. The fourth-order valence-corrected chi connectivity index (χ4v) is 1.17. The molecule has 0 saturated carbocycles. The van der Waals surface area contributed by atoms with E-state index in [1.807, 2.05) is 20.0 Å². The van der Waals surface area contributed by atoms with Gasteiger partial charge in [0.2, 0.25) is 0 Å². The summed E-state index contributed by atoms with van der Waals surface area (Å²) in [4.78, 5) is 10.5. The minimum atomic E-state index is -0.844. The third-order valence-electron chi connectivity index (χ3n) is 2.06. The van der Waals surface area contributed by atoms with E-state index in [0.717, 1.165) is 11.4 Å². The van der Waals surface area contributed by atoms with Crippen molar-refractivity contribution < 1.29 is 9.90 Å². The number of carbonyl (C=O) groups is 1. The van der Waals surface area contributed by atoms with Crippen LogP contribution in [0.4, 0.5) is 0 Å². The van der Waals surface area contributed by atoms with Crippen molar-refractivity contribution >= 4 is 5.97 Å². The van der Waals surface area contributed by atoms with Crippen LogP contribution in [0.25, 0.3) is 0 Å². The quantitative estimate of drug-likeness (QED) is 0.728. The van der Waals surface area contributed by atoms with Gasteiger partial charge in [0.1, 0.15) is 6.04 Å². The van der Waals surface area contributed by atoms with Crippen molar-refractivity contribution in [3.8, 4) is 0 Å². The van der Waals surface area contributed by atoms with Crippen LogP contribution < -0.4 is 5.32 Å². The lowest BCUT2D eigenvalue weighted by atomic mass is 10.3. The van der Waals surface area contributed by atoms with Gasteiger partial charge in [0, 0.05) is 13.6 Å². The molecular weight excluding hydrogens is 182 g/mol. The number of nitrogens with one attached hydrogen (secondary N) is 1. The summed E-state index contributed by atoms with van der Waals surface area (Å²) in [5.74, 6) is -0.844. The summed E-state index contributed by atoms with van der Waals surface area (Å²) in [5.41, 5.74) is 1.92. The Hall–Kier alpha value is -1.36. The van der Waals surface area contributed by atoms with E-state index < -0.39 is 12.0 Å². The van der Waals surface area contributed by atoms with E-state index >= 15 is 0 Å². The number of carboxylic acids is 1. The van der Waals surface area contributed by atoms with Crippen LogP contribution >= 0.6 is 0 Å². The maximum absolute atomic E-state index is 10.5. The van der Waals surface area contributed by atoms with Crippen molar-refractivity contribution in [1.82, 2.24) is 15.1 Å². The SMILES string of the molecule is Cc1cc(CN[C@H](C)C(=O)O)n(C)n1. The summed E-state index contributed by atoms with van der Waals surface area (Å²) < 4.78 is 1.75. The summed E-state index contributed by atoms with van der Waals surface area (Å²) in [7, 11) is 1.84. The number of carboxylic acid groups (broad SMARTS) is 1. The number of nitrogens with zero attached hydrogens (tertiary/aromatic N) is 2. The zero-order valence-corrected chi connectivity index (χ0v) is 8.61. The molecule has 1 heterocycles. The van der Waals surface area contributed by atoms with Crippen LogP contribution in [0.1, 0.15) is 18.3 Å². The minimum absolute atomic E-state index is 0.519. The van der Waals surface area contributed by atoms with Crippen LogP contribution in [0.5, 0.6) is 0 Å². The van der Waals surface area contributed by atoms with Gasteiger partial charge >= 0.3 is 5.97 Å². The Morgan fingerprint density at radius 1 is 1.79 bits per heavy atom. The molecule has 0 amide bonds. The van der Waals surface area contributed by atoms with Crippen LogP contribution in [0.3, 0.4) is 0 Å². The van der Waals surface area contributed by atoms with Gasteiger partial charge in [-0.05, 0) is 19.9 Å². The maximum atomic E-state index is 10.5. The van der Waals surface area contributed by atoms with E-state index in [4.69, 9.17) is 5.11 Å². The van der Waals surface area contributed by atoms with Crippen LogP contribution in [-0.4, -0.2) is 26.9 Å². The number of hydrogen-bond donors (Lipinski definition) is 2. The molecule has 0 aliphatic rings. The topological polar surface area (TPSA) is 67.2 Å². The fourth-order valence-electron chi connectivity index (χ4n) is 1.17. The molecule has 0 aromatic carbocycles. The molecule has 0 unspecified atom stereocenters. The summed E-state index contributed by atoms with van der Waals surface area (Å²) in [6.07, 6.45) is 0. The Morgan fingerprint density at radius 3 is 2.86 bits per heavy atom. The lowest BCUT2D eigenvalue weighted by Crippen LogP contribution is -2.33. The first-order valence-electron chi connectivity index (χ1n) is 4.46. The number of aryl methyl sites for hydroxylation is 2. The number of aliphatic carboxylic acids is 1. The molecule has 0 fully saturated rings. The lowest BCUT2D eigenvalue weighted by Gasteiger charge is -2.08. The molecular formula is C9H15N3O2. The third-order valence-corrected chi connectivity index (χ3v) is 2.06. The molecule has 1 rings (SSSR count). The monoisotopic (exact) mass is 197 g/mol. The van der Waals surface area contributed by atoms with E-state index in [0.29, 0.717) is 6.54 Å². The Balaban J connectivity index is 2.53. The number of aromatic nitrogens is 2. The molecule has 78 valence electrons. The highest BCUT2D eigenvalue weighted by atomic mass is 16.4. The smallest absolute Gasteiger partial charge is 0.320 e. The second kappa shape index (κ2) is 4.23. The summed E-state index contributed by atoms with van der Waals surface area (Å²) >= 11 is 0. The molecule has 0 aliphatic heterocycles. The van der Waals surface area contributed by atoms with Gasteiger partial charge in [0.05, 0.1) is 11.4 Å². The van der Waals surface area contributed by atoms with Crippen molar-refractivity contribution in [3.63, 3.8) is 0 Å². The summed E-state index contributed by atoms with van der Waals surface area (Å²) in [5, 5.41) is 15.7. The van der Waals surface area contributed by atoms with Crippen LogP contribution in [0, 0.1) is 6.92 Å². The minimum Gasteiger partial charge on any atom is -0.480 e. The van der Waals surface area contributed by atoms with Gasteiger partial charge < -0.3 is 5.11 Å². The van der Waals surface area contributed by atoms with E-state index in [2.05, 4.69) is 10.4 Å². The highest BCUT2D eigenvalue weighted by Crippen LogP contribution is 2.01. The van der Waals surface area contributed by atoms with E-state index in [1.54, 1.807) is 11.6 Å². The third kappa shape index (κ3) is 2.56. The normalized spacial score (nSPS) is 12.8. The predicted molar refractivity (Wildman–Crippen MR) is 51.9 cm³/mol. The summed E-state index contributed by atoms with van der Waals surface area (Å²) in [6, 6.07) is 1.40. The zero-order valence-electron chi connectivity index (χ0n) is 8.61. The molecule has 5 nitrogen and oxygen atoms in total. The Morgan fingerprint density at radius 2 is 2.43 bits per heavy atom. The Labute approximate surface area is 82.7 Å². The zero-order chi connectivity index (χ0) is 10.7. The maximum Gasteiger partial charge on any atom is 0.320 e. The highest BCUT2D eigenvalue weighted by Gasteiger charge is 2.10. The Bertz CT molecular complexity index is 333. The van der Waals surface area contributed by atoms with Gasteiger partial charge in [0.15, 0.2) is 0 Å². The molecule has 0 saturated heterocycles. The van der Waals surface area contributed by atoms with E-state index in [1.165, 1.54) is 0 Å². The average molecular weight is 197 g/mol. The van der Waals surface area contributed by atoms with Crippen LogP contribution in [-0.2, 0) is 18.4 Å². The largest absolute Gasteiger partial charge is 0.480 e. The van der Waals surface area contributed by atoms with Crippen molar-refractivity contribution in [2.75, 3.05) is 0 Å². The summed E-state index contributed by atoms with van der Waals surface area (Å²) in [6.45, 7) is 4.04. The average Bonchev–Trinajstić information content (AvgIpc) is 2.40. The van der Waals surface area contributed by atoms with Gasteiger partial charge in [0.25, 0.3) is 0 Å². The highest BCUT2D eigenvalue weighted by molar-refractivity contribution is 5.72. The van der Waals surface area contributed by atoms with Gasteiger partial charge in [-0.25, -0.2) is 0 Å². The number of rotatable bonds is 4. The van der Waals surface area contributed by atoms with E-state index in [-0.39, 0.29) is 0 Å². The van der Waals surface area contributed by atoms with Crippen LogP contribution in [0.15, 0.2) is 6.07 Å². The van der Waals surface area contributed by atoms with Crippen molar-refractivity contribution in [1.29, 1.82) is 0 Å². The van der Waals surface area contributed by atoms with Gasteiger partial charge in [-0.2, -0.15) is 5.10 Å². The molecule has 1 aromatic heterocycles. The first kappa shape index (κ1) is 10.7. The van der Waals surface area contributed by atoms with Crippen LogP contribution in [0.2, 0.25) is 0 Å². The molecule has 0 spiro atoms. The Kier molecular flexibility index (Phi) is 3.24. The first-order chi connectivity index (χ1) is 6.50. The second-order valence-corrected chi connectivity index (χ2v) is 3.34. The molecule has 0 radical (unpaired) electrons. The molecule has 14 heavy (non-hydrogen) atoms. The standard InChI is InChI=1S/C9H15N3O2/c1-6-4-8(12(3)11-6)5-10-7(2)9(13)14/h4,7,10H,5H2,1-3H3,(H,13,14)/t7-/m1/s1. The lowest BCUT2D eigenvalue weighted by molar-refractivity contribution is -0.139. The van der Waals surface area contributed by atoms with Crippen molar-refractivity contribution in [3.05, 3.63) is 17.5 Å². The molecule has 2 N–H and O–H groups in total. The number of hydrogen-bond acceptors (Lipinski definition) is 3. The first-order valence-corrected chi connectivity index (χ1v) is 4.46. The fraction of sp³-hybridized carbons (Fsp3) is 0.556.